The Morgan fingerprint density at radius 1 is 1.36 bits per heavy atom. The molecular formula is C18H22N6O. The van der Waals surface area contributed by atoms with E-state index in [9.17, 15) is 4.79 Å². The molecule has 3 aromatic heterocycles. The summed E-state index contributed by atoms with van der Waals surface area (Å²) in [5, 5.41) is 7.18. The Bertz CT molecular complexity index is 903. The van der Waals surface area contributed by atoms with E-state index < -0.39 is 0 Å². The third-order valence-electron chi connectivity index (χ3n) is 4.17. The SMILES string of the molecule is Cc1ccnc(C[C@H](C)N(C)C(=O)Nc2cccn3nc(C)nc23)c1. The molecule has 0 fully saturated rings. The number of rotatable bonds is 4. The van der Waals surface area contributed by atoms with Crippen LogP contribution in [-0.2, 0) is 6.42 Å². The molecule has 0 aromatic carbocycles. The fourth-order valence-electron chi connectivity index (χ4n) is 2.66. The summed E-state index contributed by atoms with van der Waals surface area (Å²) >= 11 is 0. The van der Waals surface area contributed by atoms with E-state index >= 15 is 0 Å². The number of urea groups is 1. The van der Waals surface area contributed by atoms with Crippen molar-refractivity contribution in [1.82, 2.24) is 24.5 Å². The van der Waals surface area contributed by atoms with Crippen LogP contribution >= 0.6 is 0 Å². The maximum absolute atomic E-state index is 12.6. The van der Waals surface area contributed by atoms with Crippen molar-refractivity contribution in [3.8, 4) is 0 Å². The number of carbonyl (C=O) groups excluding carboxylic acids is 1. The van der Waals surface area contributed by atoms with Gasteiger partial charge >= 0.3 is 6.03 Å². The molecule has 2 amide bonds. The lowest BCUT2D eigenvalue weighted by atomic mass is 10.1. The van der Waals surface area contributed by atoms with Gasteiger partial charge in [-0.2, -0.15) is 5.10 Å². The van der Waals surface area contributed by atoms with Crippen molar-refractivity contribution in [3.63, 3.8) is 0 Å². The zero-order valence-electron chi connectivity index (χ0n) is 14.9. The molecule has 0 spiro atoms. The first-order valence-corrected chi connectivity index (χ1v) is 8.21. The summed E-state index contributed by atoms with van der Waals surface area (Å²) in [7, 11) is 1.78. The number of nitrogens with zero attached hydrogens (tertiary/aromatic N) is 5. The lowest BCUT2D eigenvalue weighted by Gasteiger charge is -2.25. The zero-order chi connectivity index (χ0) is 18.0. The minimum absolute atomic E-state index is 0.00800. The molecule has 7 nitrogen and oxygen atoms in total. The molecule has 0 aliphatic heterocycles. The first-order chi connectivity index (χ1) is 11.9. The molecule has 0 aliphatic carbocycles. The number of fused-ring (bicyclic) bond motifs is 1. The molecule has 3 heterocycles. The number of likely N-dealkylation sites (N-methyl/N-ethyl adjacent to an activating group) is 1. The molecule has 130 valence electrons. The van der Waals surface area contributed by atoms with Gasteiger partial charge in [-0.1, -0.05) is 0 Å². The Morgan fingerprint density at radius 2 is 2.16 bits per heavy atom. The molecule has 3 rings (SSSR count). The molecule has 3 aromatic rings. The number of hydrogen-bond acceptors (Lipinski definition) is 4. The number of aromatic nitrogens is 4. The van der Waals surface area contributed by atoms with Gasteiger partial charge in [0.05, 0.1) is 5.69 Å². The predicted molar refractivity (Wildman–Crippen MR) is 96.6 cm³/mol. The largest absolute Gasteiger partial charge is 0.324 e. The van der Waals surface area contributed by atoms with E-state index in [2.05, 4.69) is 20.4 Å². The van der Waals surface area contributed by atoms with E-state index in [1.165, 1.54) is 0 Å². The van der Waals surface area contributed by atoms with Gasteiger partial charge in [0.1, 0.15) is 5.82 Å². The highest BCUT2D eigenvalue weighted by Gasteiger charge is 2.18. The van der Waals surface area contributed by atoms with Crippen molar-refractivity contribution < 1.29 is 4.79 Å². The predicted octanol–water partition coefficient (Wildman–Crippen LogP) is 2.84. The molecule has 25 heavy (non-hydrogen) atoms. The van der Waals surface area contributed by atoms with E-state index in [-0.39, 0.29) is 12.1 Å². The van der Waals surface area contributed by atoms with Crippen LogP contribution in [0, 0.1) is 13.8 Å². The number of amides is 2. The van der Waals surface area contributed by atoms with Crippen LogP contribution in [0.25, 0.3) is 5.65 Å². The molecule has 0 bridgehead atoms. The highest BCUT2D eigenvalue weighted by Crippen LogP contribution is 2.16. The number of hydrogen-bond donors (Lipinski definition) is 1. The average Bonchev–Trinajstić information content (AvgIpc) is 2.95. The van der Waals surface area contributed by atoms with E-state index in [4.69, 9.17) is 0 Å². The number of anilines is 1. The van der Waals surface area contributed by atoms with Crippen LogP contribution in [0.1, 0.15) is 24.0 Å². The lowest BCUT2D eigenvalue weighted by Crippen LogP contribution is -2.39. The molecule has 7 heteroatoms. The highest BCUT2D eigenvalue weighted by atomic mass is 16.2. The highest BCUT2D eigenvalue weighted by molar-refractivity contribution is 5.93. The average molecular weight is 338 g/mol. The minimum Gasteiger partial charge on any atom is -0.324 e. The summed E-state index contributed by atoms with van der Waals surface area (Å²) in [5.41, 5.74) is 3.41. The lowest BCUT2D eigenvalue weighted by molar-refractivity contribution is 0.207. The van der Waals surface area contributed by atoms with Crippen LogP contribution < -0.4 is 5.32 Å². The third kappa shape index (κ3) is 3.76. The van der Waals surface area contributed by atoms with Gasteiger partial charge in [-0.15, -0.1) is 0 Å². The topological polar surface area (TPSA) is 75.4 Å². The van der Waals surface area contributed by atoms with Gasteiger partial charge in [0.2, 0.25) is 0 Å². The van der Waals surface area contributed by atoms with E-state index in [0.29, 0.717) is 23.6 Å². The number of pyridine rings is 2. The minimum atomic E-state index is -0.186. The second-order valence-electron chi connectivity index (χ2n) is 6.27. The van der Waals surface area contributed by atoms with Gasteiger partial charge in [-0.05, 0) is 50.6 Å². The Kier molecular flexibility index (Phi) is 4.65. The van der Waals surface area contributed by atoms with Crippen LogP contribution in [0.15, 0.2) is 36.7 Å². The summed E-state index contributed by atoms with van der Waals surface area (Å²) in [5.74, 6) is 0.661. The fourth-order valence-corrected chi connectivity index (χ4v) is 2.66. The summed E-state index contributed by atoms with van der Waals surface area (Å²) in [4.78, 5) is 23.0. The first-order valence-electron chi connectivity index (χ1n) is 8.21. The van der Waals surface area contributed by atoms with E-state index in [1.54, 1.807) is 28.9 Å². The zero-order valence-corrected chi connectivity index (χ0v) is 14.9. The van der Waals surface area contributed by atoms with Crippen molar-refractivity contribution in [2.24, 2.45) is 0 Å². The molecule has 0 saturated heterocycles. The van der Waals surface area contributed by atoms with Crippen molar-refractivity contribution in [3.05, 3.63) is 53.7 Å². The smallest absolute Gasteiger partial charge is 0.321 e. The molecule has 0 radical (unpaired) electrons. The Hall–Kier alpha value is -2.96. The summed E-state index contributed by atoms with van der Waals surface area (Å²) in [6.45, 7) is 5.86. The van der Waals surface area contributed by atoms with Gasteiger partial charge < -0.3 is 10.2 Å². The molecule has 1 atom stereocenters. The second kappa shape index (κ2) is 6.88. The molecule has 0 saturated carbocycles. The van der Waals surface area contributed by atoms with Crippen LogP contribution in [-0.4, -0.2) is 43.6 Å². The maximum Gasteiger partial charge on any atom is 0.321 e. The molecule has 0 aliphatic rings. The summed E-state index contributed by atoms with van der Waals surface area (Å²) in [6, 6.07) is 7.48. The maximum atomic E-state index is 12.6. The Morgan fingerprint density at radius 3 is 2.92 bits per heavy atom. The van der Waals surface area contributed by atoms with Gasteiger partial charge in [0.15, 0.2) is 5.65 Å². The van der Waals surface area contributed by atoms with Gasteiger partial charge in [-0.25, -0.2) is 14.3 Å². The quantitative estimate of drug-likeness (QED) is 0.794. The third-order valence-corrected chi connectivity index (χ3v) is 4.17. The number of aryl methyl sites for hydroxylation is 2. The van der Waals surface area contributed by atoms with Crippen LogP contribution in [0.2, 0.25) is 0 Å². The van der Waals surface area contributed by atoms with Crippen molar-refractivity contribution in [1.29, 1.82) is 0 Å². The van der Waals surface area contributed by atoms with Gasteiger partial charge in [0, 0.05) is 37.6 Å². The van der Waals surface area contributed by atoms with Gasteiger partial charge in [0.25, 0.3) is 0 Å². The van der Waals surface area contributed by atoms with Gasteiger partial charge in [-0.3, -0.25) is 4.98 Å². The van der Waals surface area contributed by atoms with Crippen molar-refractivity contribution in [2.45, 2.75) is 33.2 Å². The number of carbonyl (C=O) groups is 1. The normalized spacial score (nSPS) is 12.2. The molecule has 1 N–H and O–H groups in total. The van der Waals surface area contributed by atoms with Crippen molar-refractivity contribution in [2.75, 3.05) is 12.4 Å². The monoisotopic (exact) mass is 338 g/mol. The van der Waals surface area contributed by atoms with E-state index in [1.807, 2.05) is 45.0 Å². The van der Waals surface area contributed by atoms with Crippen LogP contribution in [0.5, 0.6) is 0 Å². The summed E-state index contributed by atoms with van der Waals surface area (Å²) in [6.07, 6.45) is 4.30. The molecular weight excluding hydrogens is 316 g/mol. The Labute approximate surface area is 146 Å². The fraction of sp³-hybridized carbons (Fsp3) is 0.333. The standard InChI is InChI=1S/C18H22N6O/c1-12-7-8-19-15(10-12)11-13(2)23(4)18(25)21-16-6-5-9-24-17(16)20-14(3)22-24/h5-10,13H,11H2,1-4H3,(H,21,25)/t13-/m0/s1. The van der Waals surface area contributed by atoms with Crippen LogP contribution in [0.4, 0.5) is 10.5 Å². The second-order valence-corrected chi connectivity index (χ2v) is 6.27. The molecule has 0 unspecified atom stereocenters. The van der Waals surface area contributed by atoms with Crippen molar-refractivity contribution >= 4 is 17.4 Å². The van der Waals surface area contributed by atoms with E-state index in [0.717, 1.165) is 11.3 Å². The number of nitrogens with one attached hydrogen (secondary N) is 1. The first kappa shape index (κ1) is 16.9. The summed E-state index contributed by atoms with van der Waals surface area (Å²) < 4.78 is 1.66. The van der Waals surface area contributed by atoms with Crippen LogP contribution in [0.3, 0.4) is 0 Å². The Balaban J connectivity index is 1.71.